The van der Waals surface area contributed by atoms with Gasteiger partial charge in [-0.2, -0.15) is 0 Å². The summed E-state index contributed by atoms with van der Waals surface area (Å²) in [5.74, 6) is 0. The first-order valence-corrected chi connectivity index (χ1v) is 9.07. The van der Waals surface area contributed by atoms with Crippen LogP contribution in [0.1, 0.15) is 37.5 Å². The first-order chi connectivity index (χ1) is 12.0. The summed E-state index contributed by atoms with van der Waals surface area (Å²) < 4.78 is 0. The van der Waals surface area contributed by atoms with Crippen molar-refractivity contribution in [3.8, 4) is 22.3 Å². The fourth-order valence-corrected chi connectivity index (χ4v) is 4.15. The number of rotatable bonds is 2. The molecular formula is C24H21Cl. The van der Waals surface area contributed by atoms with E-state index in [9.17, 15) is 0 Å². The summed E-state index contributed by atoms with van der Waals surface area (Å²) in [7, 11) is 0. The predicted octanol–water partition coefficient (Wildman–Crippen LogP) is 7.35. The minimum atomic E-state index is 0.0151. The minimum absolute atomic E-state index is 0.0151. The van der Waals surface area contributed by atoms with Crippen LogP contribution in [-0.4, -0.2) is 0 Å². The molecule has 0 heterocycles. The third-order valence-corrected chi connectivity index (χ3v) is 5.49. The van der Waals surface area contributed by atoms with E-state index in [0.717, 1.165) is 5.02 Å². The Morgan fingerprint density at radius 1 is 0.800 bits per heavy atom. The van der Waals surface area contributed by atoms with E-state index in [1.54, 1.807) is 0 Å². The fraction of sp³-hybridized carbons (Fsp3) is 0.167. The van der Waals surface area contributed by atoms with Crippen LogP contribution in [0.25, 0.3) is 28.3 Å². The summed E-state index contributed by atoms with van der Waals surface area (Å²) in [5, 5.41) is 0.770. The van der Waals surface area contributed by atoms with E-state index in [4.69, 9.17) is 11.6 Å². The van der Waals surface area contributed by atoms with E-state index in [2.05, 4.69) is 80.6 Å². The predicted molar refractivity (Wildman–Crippen MR) is 109 cm³/mol. The zero-order valence-electron chi connectivity index (χ0n) is 14.8. The van der Waals surface area contributed by atoms with Crippen molar-refractivity contribution in [3.63, 3.8) is 0 Å². The average molecular weight is 345 g/mol. The highest BCUT2D eigenvalue weighted by atomic mass is 35.5. The molecule has 0 atom stereocenters. The summed E-state index contributed by atoms with van der Waals surface area (Å²) >= 11 is 6.29. The zero-order valence-corrected chi connectivity index (χ0v) is 15.6. The topological polar surface area (TPSA) is 0 Å². The number of allylic oxidation sites excluding steroid dienone is 1. The van der Waals surface area contributed by atoms with Crippen molar-refractivity contribution >= 4 is 17.7 Å². The van der Waals surface area contributed by atoms with E-state index in [0.29, 0.717) is 0 Å². The van der Waals surface area contributed by atoms with Crippen molar-refractivity contribution in [1.29, 1.82) is 0 Å². The number of halogens is 1. The van der Waals surface area contributed by atoms with Gasteiger partial charge in [-0.1, -0.05) is 80.1 Å². The van der Waals surface area contributed by atoms with Gasteiger partial charge in [0.2, 0.25) is 0 Å². The molecule has 0 radical (unpaired) electrons. The molecule has 0 aromatic heterocycles. The summed E-state index contributed by atoms with van der Waals surface area (Å²) in [5.41, 5.74) is 9.10. The lowest BCUT2D eigenvalue weighted by Gasteiger charge is -2.22. The molecule has 0 unspecified atom stereocenters. The normalized spacial score (nSPS) is 14.6. The van der Waals surface area contributed by atoms with Gasteiger partial charge < -0.3 is 0 Å². The zero-order chi connectivity index (χ0) is 17.6. The molecule has 0 amide bonds. The van der Waals surface area contributed by atoms with Gasteiger partial charge in [0.25, 0.3) is 0 Å². The molecule has 1 aliphatic rings. The molecule has 0 fully saturated rings. The largest absolute Gasteiger partial charge is 0.0870 e. The van der Waals surface area contributed by atoms with Gasteiger partial charge in [0.15, 0.2) is 0 Å². The van der Waals surface area contributed by atoms with Crippen molar-refractivity contribution in [2.45, 2.75) is 26.2 Å². The SMILES string of the molecule is C/C=C/c1ccc(Cl)cc1-c1ccc2c(c1)C(C)(C)c1ccccc1-2. The molecule has 0 N–H and O–H groups in total. The smallest absolute Gasteiger partial charge is 0.0412 e. The molecule has 0 bridgehead atoms. The van der Waals surface area contributed by atoms with Gasteiger partial charge in [-0.05, 0) is 64.1 Å². The maximum absolute atomic E-state index is 6.29. The fourth-order valence-electron chi connectivity index (χ4n) is 3.98. The van der Waals surface area contributed by atoms with Crippen LogP contribution in [0.2, 0.25) is 5.02 Å². The van der Waals surface area contributed by atoms with E-state index < -0.39 is 0 Å². The molecule has 0 aliphatic heterocycles. The van der Waals surface area contributed by atoms with E-state index in [-0.39, 0.29) is 5.41 Å². The average Bonchev–Trinajstić information content (AvgIpc) is 2.85. The highest BCUT2D eigenvalue weighted by molar-refractivity contribution is 6.31. The Kier molecular flexibility index (Phi) is 3.81. The molecular weight excluding hydrogens is 324 g/mol. The van der Waals surface area contributed by atoms with Gasteiger partial charge in [0.1, 0.15) is 0 Å². The van der Waals surface area contributed by atoms with Crippen LogP contribution in [0.5, 0.6) is 0 Å². The molecule has 1 heteroatoms. The van der Waals surface area contributed by atoms with Gasteiger partial charge in [0, 0.05) is 10.4 Å². The summed E-state index contributed by atoms with van der Waals surface area (Å²) in [6.45, 7) is 6.67. The summed E-state index contributed by atoms with van der Waals surface area (Å²) in [6, 6.07) is 21.7. The summed E-state index contributed by atoms with van der Waals surface area (Å²) in [4.78, 5) is 0. The van der Waals surface area contributed by atoms with Crippen LogP contribution < -0.4 is 0 Å². The van der Waals surface area contributed by atoms with Crippen LogP contribution in [0.4, 0.5) is 0 Å². The Balaban J connectivity index is 1.93. The first kappa shape index (κ1) is 16.2. The standard InChI is InChI=1S/C24H21Cl/c1-4-7-16-10-12-18(25)15-21(16)17-11-13-20-19-8-5-6-9-22(19)24(2,3)23(20)14-17/h4-15H,1-3H3/b7-4+. The maximum Gasteiger partial charge on any atom is 0.0412 e. The Morgan fingerprint density at radius 3 is 2.36 bits per heavy atom. The molecule has 0 saturated carbocycles. The second kappa shape index (κ2) is 5.89. The van der Waals surface area contributed by atoms with Crippen molar-refractivity contribution < 1.29 is 0 Å². The van der Waals surface area contributed by atoms with Gasteiger partial charge >= 0.3 is 0 Å². The van der Waals surface area contributed by atoms with Crippen molar-refractivity contribution in [3.05, 3.63) is 88.5 Å². The Labute approximate surface area is 154 Å². The number of fused-ring (bicyclic) bond motifs is 3. The lowest BCUT2D eigenvalue weighted by atomic mass is 9.81. The van der Waals surface area contributed by atoms with Gasteiger partial charge in [-0.25, -0.2) is 0 Å². The lowest BCUT2D eigenvalue weighted by molar-refractivity contribution is 0.660. The molecule has 3 aromatic rings. The lowest BCUT2D eigenvalue weighted by Crippen LogP contribution is -2.14. The molecule has 4 rings (SSSR count). The highest BCUT2D eigenvalue weighted by Gasteiger charge is 2.35. The van der Waals surface area contributed by atoms with Crippen LogP contribution in [0.15, 0.2) is 66.7 Å². The van der Waals surface area contributed by atoms with Gasteiger partial charge in [0.05, 0.1) is 0 Å². The number of hydrogen-bond acceptors (Lipinski definition) is 0. The van der Waals surface area contributed by atoms with E-state index in [1.807, 2.05) is 13.0 Å². The quantitative estimate of drug-likeness (QED) is 0.456. The van der Waals surface area contributed by atoms with Gasteiger partial charge in [-0.3, -0.25) is 0 Å². The van der Waals surface area contributed by atoms with Crippen LogP contribution >= 0.6 is 11.6 Å². The number of benzene rings is 3. The van der Waals surface area contributed by atoms with Crippen molar-refractivity contribution in [2.75, 3.05) is 0 Å². The second-order valence-electron chi connectivity index (χ2n) is 7.16. The monoisotopic (exact) mass is 344 g/mol. The number of hydrogen-bond donors (Lipinski definition) is 0. The second-order valence-corrected chi connectivity index (χ2v) is 7.60. The van der Waals surface area contributed by atoms with E-state index >= 15 is 0 Å². The van der Waals surface area contributed by atoms with Crippen molar-refractivity contribution in [1.82, 2.24) is 0 Å². The third kappa shape index (κ3) is 2.53. The van der Waals surface area contributed by atoms with Crippen LogP contribution in [0.3, 0.4) is 0 Å². The third-order valence-electron chi connectivity index (χ3n) is 5.26. The molecule has 0 saturated heterocycles. The molecule has 25 heavy (non-hydrogen) atoms. The van der Waals surface area contributed by atoms with Crippen LogP contribution in [-0.2, 0) is 5.41 Å². The molecule has 0 spiro atoms. The Bertz CT molecular complexity index is 993. The van der Waals surface area contributed by atoms with Gasteiger partial charge in [-0.15, -0.1) is 0 Å². The maximum atomic E-state index is 6.29. The first-order valence-electron chi connectivity index (χ1n) is 8.69. The van der Waals surface area contributed by atoms with E-state index in [1.165, 1.54) is 38.9 Å². The van der Waals surface area contributed by atoms with Crippen LogP contribution in [0, 0.1) is 0 Å². The molecule has 3 aromatic carbocycles. The molecule has 124 valence electrons. The molecule has 0 nitrogen and oxygen atoms in total. The minimum Gasteiger partial charge on any atom is -0.0870 e. The Hall–Kier alpha value is -2.31. The highest BCUT2D eigenvalue weighted by Crippen LogP contribution is 2.49. The molecule has 1 aliphatic carbocycles. The summed E-state index contributed by atoms with van der Waals surface area (Å²) in [6.07, 6.45) is 4.21. The Morgan fingerprint density at radius 2 is 1.56 bits per heavy atom. The van der Waals surface area contributed by atoms with Crippen molar-refractivity contribution in [2.24, 2.45) is 0 Å².